The Balaban J connectivity index is 2.58. The van der Waals surface area contributed by atoms with Crippen molar-refractivity contribution in [1.82, 2.24) is 4.90 Å². The summed E-state index contributed by atoms with van der Waals surface area (Å²) in [5, 5.41) is 9.75. The highest BCUT2D eigenvalue weighted by atomic mass is 16.6. The normalized spacial score (nSPS) is 23.9. The van der Waals surface area contributed by atoms with Gasteiger partial charge in [-0.25, -0.2) is 4.79 Å². The first-order chi connectivity index (χ1) is 8.24. The van der Waals surface area contributed by atoms with Gasteiger partial charge in [0.2, 0.25) is 0 Å². The van der Waals surface area contributed by atoms with E-state index in [9.17, 15) is 14.7 Å². The van der Waals surface area contributed by atoms with Crippen LogP contribution in [0.25, 0.3) is 0 Å². The summed E-state index contributed by atoms with van der Waals surface area (Å²) in [5.74, 6) is -1.16. The molecule has 1 heterocycles. The van der Waals surface area contributed by atoms with Crippen LogP contribution < -0.4 is 0 Å². The van der Waals surface area contributed by atoms with E-state index < -0.39 is 29.7 Å². The Kier molecular flexibility index (Phi) is 4.56. The Morgan fingerprint density at radius 1 is 1.33 bits per heavy atom. The molecular formula is C12H21NO5. The number of ether oxygens (including phenoxy) is 2. The van der Waals surface area contributed by atoms with E-state index in [1.165, 1.54) is 4.90 Å². The second kappa shape index (κ2) is 5.56. The van der Waals surface area contributed by atoms with Crippen molar-refractivity contribution < 1.29 is 24.2 Å². The molecule has 1 aliphatic rings. The second-order valence-corrected chi connectivity index (χ2v) is 5.31. The van der Waals surface area contributed by atoms with Crippen molar-refractivity contribution >= 4 is 12.1 Å². The van der Waals surface area contributed by atoms with Gasteiger partial charge in [0.25, 0.3) is 0 Å². The maximum Gasteiger partial charge on any atom is 0.410 e. The summed E-state index contributed by atoms with van der Waals surface area (Å²) in [6.07, 6.45) is -1.41. The summed E-state index contributed by atoms with van der Waals surface area (Å²) < 4.78 is 10.0. The molecular weight excluding hydrogens is 238 g/mol. The summed E-state index contributed by atoms with van der Waals surface area (Å²) >= 11 is 0. The SMILES string of the molecule is CCOC(=O)[C@@H]1CN(C(=O)OC(C)(C)C)C[C@@H]1O. The Hall–Kier alpha value is -1.30. The maximum atomic E-state index is 11.8. The lowest BCUT2D eigenvalue weighted by atomic mass is 10.1. The molecule has 1 N–H and O–H groups in total. The molecule has 6 nitrogen and oxygen atoms in total. The largest absolute Gasteiger partial charge is 0.466 e. The van der Waals surface area contributed by atoms with Gasteiger partial charge in [0.05, 0.1) is 19.3 Å². The predicted molar refractivity (Wildman–Crippen MR) is 63.9 cm³/mol. The third-order valence-electron chi connectivity index (χ3n) is 2.53. The van der Waals surface area contributed by atoms with E-state index in [1.54, 1.807) is 27.7 Å². The number of rotatable bonds is 2. The van der Waals surface area contributed by atoms with Gasteiger partial charge in [-0.05, 0) is 27.7 Å². The Labute approximate surface area is 107 Å². The van der Waals surface area contributed by atoms with Crippen LogP contribution in [0.15, 0.2) is 0 Å². The lowest BCUT2D eigenvalue weighted by molar-refractivity contribution is -0.150. The van der Waals surface area contributed by atoms with Crippen molar-refractivity contribution in [3.05, 3.63) is 0 Å². The average Bonchev–Trinajstić information content (AvgIpc) is 2.58. The van der Waals surface area contributed by atoms with Crippen LogP contribution in [0.1, 0.15) is 27.7 Å². The highest BCUT2D eigenvalue weighted by Gasteiger charge is 2.40. The fourth-order valence-electron chi connectivity index (χ4n) is 1.74. The summed E-state index contributed by atoms with van der Waals surface area (Å²) in [7, 11) is 0. The van der Waals surface area contributed by atoms with Crippen LogP contribution in [0, 0.1) is 5.92 Å². The molecule has 0 aliphatic carbocycles. The first-order valence-electron chi connectivity index (χ1n) is 6.07. The zero-order chi connectivity index (χ0) is 13.9. The highest BCUT2D eigenvalue weighted by molar-refractivity contribution is 5.76. The fraction of sp³-hybridized carbons (Fsp3) is 0.833. The van der Waals surface area contributed by atoms with Gasteiger partial charge < -0.3 is 19.5 Å². The number of carbonyl (C=O) groups is 2. The lowest BCUT2D eigenvalue weighted by Crippen LogP contribution is -2.36. The van der Waals surface area contributed by atoms with Crippen LogP contribution in [-0.4, -0.2) is 53.5 Å². The number of aliphatic hydroxyl groups excluding tert-OH is 1. The molecule has 1 rings (SSSR count). The van der Waals surface area contributed by atoms with Gasteiger partial charge in [-0.2, -0.15) is 0 Å². The topological polar surface area (TPSA) is 76.1 Å². The number of likely N-dealkylation sites (tertiary alicyclic amines) is 1. The first-order valence-corrected chi connectivity index (χ1v) is 6.07. The van der Waals surface area contributed by atoms with Crippen molar-refractivity contribution in [3.63, 3.8) is 0 Å². The minimum Gasteiger partial charge on any atom is -0.466 e. The van der Waals surface area contributed by atoms with Gasteiger partial charge in [-0.15, -0.1) is 0 Å². The molecule has 0 saturated carbocycles. The molecule has 2 atom stereocenters. The zero-order valence-electron chi connectivity index (χ0n) is 11.3. The quantitative estimate of drug-likeness (QED) is 0.741. The number of β-amino-alcohol motifs (C(OH)–C–C–N with tert-alkyl or cyclic N) is 1. The molecule has 18 heavy (non-hydrogen) atoms. The van der Waals surface area contributed by atoms with Gasteiger partial charge in [0.1, 0.15) is 11.5 Å². The fourth-order valence-corrected chi connectivity index (χ4v) is 1.74. The first kappa shape index (κ1) is 14.8. The van der Waals surface area contributed by atoms with Gasteiger partial charge in [-0.3, -0.25) is 4.79 Å². The monoisotopic (exact) mass is 259 g/mol. The van der Waals surface area contributed by atoms with Gasteiger partial charge >= 0.3 is 12.1 Å². The van der Waals surface area contributed by atoms with Crippen LogP contribution in [-0.2, 0) is 14.3 Å². The number of nitrogens with zero attached hydrogens (tertiary/aromatic N) is 1. The molecule has 0 radical (unpaired) electrons. The summed E-state index contributed by atoms with van der Waals surface area (Å²) in [4.78, 5) is 24.7. The Bertz CT molecular complexity index is 323. The number of hydrogen-bond donors (Lipinski definition) is 1. The van der Waals surface area contributed by atoms with Crippen LogP contribution in [0.2, 0.25) is 0 Å². The molecule has 0 aromatic carbocycles. The molecule has 0 bridgehead atoms. The van der Waals surface area contributed by atoms with E-state index in [2.05, 4.69) is 0 Å². The summed E-state index contributed by atoms with van der Waals surface area (Å²) in [5.41, 5.74) is -0.593. The van der Waals surface area contributed by atoms with E-state index in [4.69, 9.17) is 9.47 Å². The number of amides is 1. The molecule has 1 aliphatic heterocycles. The molecule has 104 valence electrons. The maximum absolute atomic E-state index is 11.8. The minimum atomic E-state index is -0.892. The van der Waals surface area contributed by atoms with Crippen LogP contribution in [0.4, 0.5) is 4.79 Å². The standard InChI is InChI=1S/C12H21NO5/c1-5-17-10(15)8-6-13(7-9(8)14)11(16)18-12(2,3)4/h8-9,14H,5-7H2,1-4H3/t8-,9+/m1/s1. The van der Waals surface area contributed by atoms with Gasteiger partial charge in [0, 0.05) is 6.54 Å². The lowest BCUT2D eigenvalue weighted by Gasteiger charge is -2.24. The van der Waals surface area contributed by atoms with Crippen molar-refractivity contribution in [3.8, 4) is 0 Å². The van der Waals surface area contributed by atoms with E-state index in [0.717, 1.165) is 0 Å². The van der Waals surface area contributed by atoms with Crippen LogP contribution in [0.5, 0.6) is 0 Å². The van der Waals surface area contributed by atoms with E-state index >= 15 is 0 Å². The zero-order valence-corrected chi connectivity index (χ0v) is 11.3. The van der Waals surface area contributed by atoms with E-state index in [1.807, 2.05) is 0 Å². The van der Waals surface area contributed by atoms with Crippen LogP contribution in [0.3, 0.4) is 0 Å². The molecule has 1 saturated heterocycles. The number of aliphatic hydroxyl groups is 1. The molecule has 0 aromatic rings. The van der Waals surface area contributed by atoms with E-state index in [0.29, 0.717) is 0 Å². The molecule has 0 spiro atoms. The van der Waals surface area contributed by atoms with Gasteiger partial charge in [0.15, 0.2) is 0 Å². The Morgan fingerprint density at radius 3 is 2.44 bits per heavy atom. The second-order valence-electron chi connectivity index (χ2n) is 5.31. The summed E-state index contributed by atoms with van der Waals surface area (Å²) in [6.45, 7) is 7.48. The molecule has 6 heteroatoms. The molecule has 1 fully saturated rings. The minimum absolute atomic E-state index is 0.0956. The van der Waals surface area contributed by atoms with Crippen molar-refractivity contribution in [1.29, 1.82) is 0 Å². The van der Waals surface area contributed by atoms with Crippen LogP contribution >= 0.6 is 0 Å². The predicted octanol–water partition coefficient (Wildman–Crippen LogP) is 0.777. The van der Waals surface area contributed by atoms with Crippen molar-refractivity contribution in [2.45, 2.75) is 39.4 Å². The number of carbonyl (C=O) groups excluding carboxylic acids is 2. The highest BCUT2D eigenvalue weighted by Crippen LogP contribution is 2.21. The smallest absolute Gasteiger partial charge is 0.410 e. The Morgan fingerprint density at radius 2 is 1.94 bits per heavy atom. The molecule has 1 amide bonds. The van der Waals surface area contributed by atoms with Gasteiger partial charge in [-0.1, -0.05) is 0 Å². The third-order valence-corrected chi connectivity index (χ3v) is 2.53. The third kappa shape index (κ3) is 3.87. The molecule has 0 unspecified atom stereocenters. The summed E-state index contributed by atoms with van der Waals surface area (Å²) in [6, 6.07) is 0. The number of esters is 1. The number of hydrogen-bond acceptors (Lipinski definition) is 5. The van der Waals surface area contributed by atoms with Crippen molar-refractivity contribution in [2.24, 2.45) is 5.92 Å². The van der Waals surface area contributed by atoms with Crippen molar-refractivity contribution in [2.75, 3.05) is 19.7 Å². The average molecular weight is 259 g/mol. The molecule has 0 aromatic heterocycles. The van der Waals surface area contributed by atoms with E-state index in [-0.39, 0.29) is 19.7 Å².